The highest BCUT2D eigenvalue weighted by molar-refractivity contribution is 7.89. The summed E-state index contributed by atoms with van der Waals surface area (Å²) in [6, 6.07) is 11.9. The number of aromatic nitrogens is 1. The summed E-state index contributed by atoms with van der Waals surface area (Å²) in [6.45, 7) is 0. The number of nitrogens with two attached hydrogens (primary N) is 1. The largest absolute Gasteiger partial charge is 0.507 e. The molecule has 3 N–H and O–H groups in total. The second kappa shape index (κ2) is 8.90. The Morgan fingerprint density at radius 3 is 2.32 bits per heavy atom. The lowest BCUT2D eigenvalue weighted by molar-refractivity contribution is -0.132. The van der Waals surface area contributed by atoms with Crippen molar-refractivity contribution in [2.24, 2.45) is 5.14 Å². The fraction of sp³-hybridized carbons (Fsp3) is 0.0870. The van der Waals surface area contributed by atoms with Crippen molar-refractivity contribution >= 4 is 44.8 Å². The minimum Gasteiger partial charge on any atom is -0.507 e. The number of aliphatic hydroxyl groups is 1. The van der Waals surface area contributed by atoms with Crippen LogP contribution < -0.4 is 14.8 Å². The molecular formula is C23H18ClN3O6S. The van der Waals surface area contributed by atoms with E-state index in [-0.39, 0.29) is 27.5 Å². The zero-order chi connectivity index (χ0) is 24.6. The van der Waals surface area contributed by atoms with Gasteiger partial charge in [-0.2, -0.15) is 0 Å². The molecule has 0 aliphatic carbocycles. The Hall–Kier alpha value is -3.73. The van der Waals surface area contributed by atoms with Gasteiger partial charge in [0.2, 0.25) is 10.0 Å². The van der Waals surface area contributed by atoms with E-state index in [2.05, 4.69) is 4.98 Å². The number of Topliss-reactive ketones (excluding diaryl/α,β-unsaturated/α-hetero) is 1. The Morgan fingerprint density at radius 2 is 1.74 bits per heavy atom. The molecule has 0 bridgehead atoms. The number of carbonyl (C=O) groups excluding carboxylic acids is 2. The third-order valence-electron chi connectivity index (χ3n) is 5.33. The molecule has 2 aromatic carbocycles. The highest BCUT2D eigenvalue weighted by Gasteiger charge is 2.47. The summed E-state index contributed by atoms with van der Waals surface area (Å²) >= 11 is 6.07. The molecule has 2 heterocycles. The number of methoxy groups -OCH3 is 1. The summed E-state index contributed by atoms with van der Waals surface area (Å²) in [5.41, 5.74) is 0.815. The zero-order valence-electron chi connectivity index (χ0n) is 17.7. The highest BCUT2D eigenvalue weighted by atomic mass is 35.5. The minimum absolute atomic E-state index is 0.151. The Kier molecular flexibility index (Phi) is 6.13. The van der Waals surface area contributed by atoms with Crippen molar-refractivity contribution < 1.29 is 27.9 Å². The average Bonchev–Trinajstić information content (AvgIpc) is 3.09. The van der Waals surface area contributed by atoms with Gasteiger partial charge < -0.3 is 9.84 Å². The number of primary sulfonamides is 1. The Balaban J connectivity index is 1.91. The number of ketones is 1. The van der Waals surface area contributed by atoms with Crippen LogP contribution in [0.15, 0.2) is 77.5 Å². The van der Waals surface area contributed by atoms with Gasteiger partial charge >= 0.3 is 0 Å². The SMILES string of the molecule is COc1cc(/C(O)=C2\C(=O)C(=O)N(c3ccc(S(N)(=O)=O)cc3)C2c2ccncc2)ccc1Cl. The van der Waals surface area contributed by atoms with Crippen LogP contribution in [0.25, 0.3) is 5.76 Å². The fourth-order valence-electron chi connectivity index (χ4n) is 3.72. The number of pyridine rings is 1. The number of anilines is 1. The van der Waals surface area contributed by atoms with Crippen LogP contribution >= 0.6 is 11.6 Å². The van der Waals surface area contributed by atoms with Gasteiger partial charge in [0.25, 0.3) is 11.7 Å². The number of hydrogen-bond donors (Lipinski definition) is 2. The number of sulfonamides is 1. The van der Waals surface area contributed by atoms with Crippen LogP contribution in [0, 0.1) is 0 Å². The highest BCUT2D eigenvalue weighted by Crippen LogP contribution is 2.42. The standard InChI is InChI=1S/C23H18ClN3O6S/c1-33-18-12-14(2-7-17(18)24)21(28)19-20(13-8-10-26-11-9-13)27(23(30)22(19)29)15-3-5-16(6-4-15)34(25,31)32/h2-12,20,28H,1H3,(H2,25,31,32)/b21-19+. The summed E-state index contributed by atoms with van der Waals surface area (Å²) in [7, 11) is -2.55. The van der Waals surface area contributed by atoms with E-state index in [4.69, 9.17) is 21.5 Å². The van der Waals surface area contributed by atoms with Gasteiger partial charge in [0.1, 0.15) is 11.5 Å². The number of benzene rings is 2. The van der Waals surface area contributed by atoms with E-state index in [0.717, 1.165) is 0 Å². The van der Waals surface area contributed by atoms with Gasteiger partial charge in [-0.25, -0.2) is 13.6 Å². The van der Waals surface area contributed by atoms with Crippen molar-refractivity contribution in [3.8, 4) is 5.75 Å². The number of ether oxygens (including phenoxy) is 1. The van der Waals surface area contributed by atoms with Crippen LogP contribution in [-0.2, 0) is 19.6 Å². The van der Waals surface area contributed by atoms with E-state index in [9.17, 15) is 23.1 Å². The third kappa shape index (κ3) is 4.14. The maximum atomic E-state index is 13.1. The van der Waals surface area contributed by atoms with Gasteiger partial charge in [-0.3, -0.25) is 19.5 Å². The fourth-order valence-corrected chi connectivity index (χ4v) is 4.43. The Morgan fingerprint density at radius 1 is 1.09 bits per heavy atom. The summed E-state index contributed by atoms with van der Waals surface area (Å²) in [5.74, 6) is -1.95. The summed E-state index contributed by atoms with van der Waals surface area (Å²) in [4.78, 5) is 31.3. The normalized spacial score (nSPS) is 17.7. The number of amides is 1. The quantitative estimate of drug-likeness (QED) is 0.312. The van der Waals surface area contributed by atoms with Gasteiger partial charge in [0.15, 0.2) is 0 Å². The smallest absolute Gasteiger partial charge is 0.300 e. The maximum absolute atomic E-state index is 13.1. The Bertz CT molecular complexity index is 1420. The molecule has 1 aliphatic rings. The van der Waals surface area contributed by atoms with E-state index < -0.39 is 33.5 Å². The topological polar surface area (TPSA) is 140 Å². The molecule has 1 unspecified atom stereocenters. The molecule has 3 aromatic rings. The second-order valence-corrected chi connectivity index (χ2v) is 9.31. The van der Waals surface area contributed by atoms with Crippen molar-refractivity contribution in [1.82, 2.24) is 4.98 Å². The summed E-state index contributed by atoms with van der Waals surface area (Å²) in [6.07, 6.45) is 2.98. The monoisotopic (exact) mass is 499 g/mol. The van der Waals surface area contributed by atoms with Crippen LogP contribution in [0.3, 0.4) is 0 Å². The number of halogens is 1. The first-order valence-corrected chi connectivity index (χ1v) is 11.7. The molecule has 1 amide bonds. The predicted octanol–water partition coefficient (Wildman–Crippen LogP) is 3.02. The lowest BCUT2D eigenvalue weighted by atomic mass is 9.95. The molecule has 0 saturated carbocycles. The van der Waals surface area contributed by atoms with E-state index >= 15 is 0 Å². The van der Waals surface area contributed by atoms with Crippen LogP contribution in [0.1, 0.15) is 17.2 Å². The maximum Gasteiger partial charge on any atom is 0.300 e. The molecule has 11 heteroatoms. The minimum atomic E-state index is -3.95. The second-order valence-electron chi connectivity index (χ2n) is 7.34. The molecule has 1 aromatic heterocycles. The molecule has 9 nitrogen and oxygen atoms in total. The predicted molar refractivity (Wildman–Crippen MR) is 125 cm³/mol. The van der Waals surface area contributed by atoms with Gasteiger partial charge in [0.05, 0.1) is 28.6 Å². The molecule has 174 valence electrons. The molecule has 0 radical (unpaired) electrons. The molecule has 1 saturated heterocycles. The first-order valence-electron chi connectivity index (χ1n) is 9.81. The van der Waals surface area contributed by atoms with Crippen LogP contribution in [0.5, 0.6) is 5.75 Å². The van der Waals surface area contributed by atoms with Crippen molar-refractivity contribution in [3.05, 3.63) is 88.7 Å². The van der Waals surface area contributed by atoms with Crippen LogP contribution in [0.2, 0.25) is 5.02 Å². The summed E-state index contributed by atoms with van der Waals surface area (Å²) < 4.78 is 28.4. The Labute approximate surface area is 200 Å². The first-order chi connectivity index (χ1) is 16.1. The first kappa shape index (κ1) is 23.4. The van der Waals surface area contributed by atoms with E-state index in [1.807, 2.05) is 0 Å². The molecule has 4 rings (SSSR count). The van der Waals surface area contributed by atoms with E-state index in [1.165, 1.54) is 66.9 Å². The number of rotatable bonds is 5. The van der Waals surface area contributed by atoms with Crippen molar-refractivity contribution in [2.75, 3.05) is 12.0 Å². The molecule has 1 fully saturated rings. The third-order valence-corrected chi connectivity index (χ3v) is 6.58. The van der Waals surface area contributed by atoms with Gasteiger partial charge in [-0.15, -0.1) is 0 Å². The van der Waals surface area contributed by atoms with E-state index in [1.54, 1.807) is 12.1 Å². The van der Waals surface area contributed by atoms with Crippen LogP contribution in [0.4, 0.5) is 5.69 Å². The molecule has 1 aliphatic heterocycles. The average molecular weight is 500 g/mol. The zero-order valence-corrected chi connectivity index (χ0v) is 19.2. The lowest BCUT2D eigenvalue weighted by Crippen LogP contribution is -2.29. The van der Waals surface area contributed by atoms with Gasteiger partial charge in [-0.05, 0) is 60.2 Å². The van der Waals surface area contributed by atoms with Crippen molar-refractivity contribution in [1.29, 1.82) is 0 Å². The molecule has 1 atom stereocenters. The summed E-state index contributed by atoms with van der Waals surface area (Å²) in [5, 5.41) is 16.6. The van der Waals surface area contributed by atoms with Crippen LogP contribution in [-0.4, -0.2) is 37.3 Å². The molecular weight excluding hydrogens is 482 g/mol. The molecule has 34 heavy (non-hydrogen) atoms. The number of nitrogens with zero attached hydrogens (tertiary/aromatic N) is 2. The number of carbonyl (C=O) groups is 2. The van der Waals surface area contributed by atoms with Crippen molar-refractivity contribution in [3.63, 3.8) is 0 Å². The molecule has 0 spiro atoms. The van der Waals surface area contributed by atoms with Gasteiger partial charge in [-0.1, -0.05) is 11.6 Å². The number of aliphatic hydroxyl groups excluding tert-OH is 1. The lowest BCUT2D eigenvalue weighted by Gasteiger charge is -2.25. The van der Waals surface area contributed by atoms with E-state index in [0.29, 0.717) is 10.6 Å². The van der Waals surface area contributed by atoms with Crippen molar-refractivity contribution in [2.45, 2.75) is 10.9 Å². The van der Waals surface area contributed by atoms with Gasteiger partial charge in [0, 0.05) is 23.6 Å². The number of hydrogen-bond acceptors (Lipinski definition) is 7.